The molecule has 1 aliphatic rings. The summed E-state index contributed by atoms with van der Waals surface area (Å²) in [5.41, 5.74) is 6.30. The van der Waals surface area contributed by atoms with Crippen molar-refractivity contribution in [3.63, 3.8) is 0 Å². The minimum atomic E-state index is -1.34. The van der Waals surface area contributed by atoms with Crippen molar-refractivity contribution >= 4 is 22.4 Å². The van der Waals surface area contributed by atoms with Crippen LogP contribution in [0.3, 0.4) is 0 Å². The van der Waals surface area contributed by atoms with Gasteiger partial charge in [-0.15, -0.1) is 11.3 Å². The Morgan fingerprint density at radius 3 is 2.88 bits per heavy atom. The number of anilines is 1. The van der Waals surface area contributed by atoms with E-state index in [1.54, 1.807) is 4.90 Å². The number of carbonyl (C=O) groups excluding carboxylic acids is 1. The molecule has 134 valence electrons. The minimum Gasteiger partial charge on any atom is -0.379 e. The Balaban J connectivity index is 1.52. The fraction of sp³-hybridized carbons (Fsp3) is 0.444. The van der Waals surface area contributed by atoms with Gasteiger partial charge in [-0.1, -0.05) is 30.3 Å². The zero-order chi connectivity index (χ0) is 17.7. The summed E-state index contributed by atoms with van der Waals surface area (Å²) < 4.78 is 0. The van der Waals surface area contributed by atoms with E-state index in [1.807, 2.05) is 23.6 Å². The molecule has 7 heteroatoms. The maximum Gasteiger partial charge on any atom is 0.255 e. The number of carbonyl (C=O) groups is 1. The average molecular weight is 360 g/mol. The summed E-state index contributed by atoms with van der Waals surface area (Å²) in [5.74, 6) is -0.181. The van der Waals surface area contributed by atoms with Gasteiger partial charge in [0.2, 0.25) is 0 Å². The average Bonchev–Trinajstić information content (AvgIpc) is 3.03. The van der Waals surface area contributed by atoms with Gasteiger partial charge >= 0.3 is 0 Å². The highest BCUT2D eigenvalue weighted by molar-refractivity contribution is 7.13. The predicted octanol–water partition coefficient (Wildman–Crippen LogP) is 1.41. The summed E-state index contributed by atoms with van der Waals surface area (Å²) in [7, 11) is 0. The SMILES string of the molecule is Nc1nc(CNC[C@]2(O)CCCN(CCc3ccccc3)C2=O)cs1. The Hall–Kier alpha value is -1.96. The second-order valence-corrected chi connectivity index (χ2v) is 7.33. The molecule has 2 aromatic rings. The van der Waals surface area contributed by atoms with Gasteiger partial charge in [-0.2, -0.15) is 0 Å². The maximum absolute atomic E-state index is 12.7. The van der Waals surface area contributed by atoms with E-state index in [0.29, 0.717) is 31.2 Å². The summed E-state index contributed by atoms with van der Waals surface area (Å²) in [6.07, 6.45) is 2.09. The number of thiazole rings is 1. The third kappa shape index (κ3) is 4.56. The van der Waals surface area contributed by atoms with E-state index < -0.39 is 5.60 Å². The van der Waals surface area contributed by atoms with Crippen molar-refractivity contribution in [1.82, 2.24) is 15.2 Å². The Labute approximate surface area is 151 Å². The lowest BCUT2D eigenvalue weighted by Gasteiger charge is -2.38. The quantitative estimate of drug-likeness (QED) is 0.694. The lowest BCUT2D eigenvalue weighted by atomic mass is 9.91. The minimum absolute atomic E-state index is 0.181. The van der Waals surface area contributed by atoms with Crippen molar-refractivity contribution in [3.8, 4) is 0 Å². The van der Waals surface area contributed by atoms with Crippen LogP contribution in [-0.2, 0) is 17.8 Å². The van der Waals surface area contributed by atoms with E-state index in [-0.39, 0.29) is 12.5 Å². The molecule has 1 aliphatic heterocycles. The molecule has 1 saturated heterocycles. The van der Waals surface area contributed by atoms with Crippen molar-refractivity contribution in [2.24, 2.45) is 0 Å². The van der Waals surface area contributed by atoms with E-state index in [1.165, 1.54) is 16.9 Å². The molecule has 1 fully saturated rings. The van der Waals surface area contributed by atoms with Crippen molar-refractivity contribution in [2.75, 3.05) is 25.4 Å². The highest BCUT2D eigenvalue weighted by atomic mass is 32.1. The first kappa shape index (κ1) is 17.8. The summed E-state index contributed by atoms with van der Waals surface area (Å²) >= 11 is 1.38. The molecule has 2 heterocycles. The number of benzene rings is 1. The molecule has 4 N–H and O–H groups in total. The number of piperidine rings is 1. The molecule has 25 heavy (non-hydrogen) atoms. The summed E-state index contributed by atoms with van der Waals surface area (Å²) in [5, 5.41) is 16.3. The van der Waals surface area contributed by atoms with Crippen LogP contribution in [0.25, 0.3) is 0 Å². The maximum atomic E-state index is 12.7. The van der Waals surface area contributed by atoms with Crippen molar-refractivity contribution in [2.45, 2.75) is 31.4 Å². The molecule has 0 spiro atoms. The zero-order valence-electron chi connectivity index (χ0n) is 14.1. The smallest absolute Gasteiger partial charge is 0.255 e. The van der Waals surface area contributed by atoms with Gasteiger partial charge in [0.25, 0.3) is 5.91 Å². The number of nitrogens with one attached hydrogen (secondary N) is 1. The van der Waals surface area contributed by atoms with Gasteiger partial charge in [0.05, 0.1) is 5.69 Å². The topological polar surface area (TPSA) is 91.5 Å². The molecule has 1 atom stereocenters. The van der Waals surface area contributed by atoms with Crippen LogP contribution in [-0.4, -0.2) is 46.1 Å². The molecule has 0 bridgehead atoms. The van der Waals surface area contributed by atoms with Gasteiger partial charge < -0.3 is 21.1 Å². The molecule has 1 aromatic heterocycles. The first-order valence-electron chi connectivity index (χ1n) is 8.53. The largest absolute Gasteiger partial charge is 0.379 e. The van der Waals surface area contributed by atoms with Crippen LogP contribution in [0.4, 0.5) is 5.13 Å². The number of nitrogens with zero attached hydrogens (tertiary/aromatic N) is 2. The fourth-order valence-corrected chi connectivity index (χ4v) is 3.72. The Morgan fingerprint density at radius 1 is 1.36 bits per heavy atom. The molecule has 0 unspecified atom stereocenters. The standard InChI is InChI=1S/C18H24N4O2S/c19-17-21-15(12-25-17)11-20-13-18(24)8-4-9-22(16(18)23)10-7-14-5-2-1-3-6-14/h1-3,5-6,12,20,24H,4,7-11,13H2,(H2,19,21)/t18-/m1/s1. The van der Waals surface area contributed by atoms with E-state index in [2.05, 4.69) is 22.4 Å². The second-order valence-electron chi connectivity index (χ2n) is 6.44. The van der Waals surface area contributed by atoms with Crippen molar-refractivity contribution in [1.29, 1.82) is 0 Å². The van der Waals surface area contributed by atoms with Gasteiger partial charge in [-0.3, -0.25) is 4.79 Å². The van der Waals surface area contributed by atoms with Crippen molar-refractivity contribution < 1.29 is 9.90 Å². The highest BCUT2D eigenvalue weighted by Crippen LogP contribution is 2.23. The number of likely N-dealkylation sites (tertiary alicyclic amines) is 1. The zero-order valence-corrected chi connectivity index (χ0v) is 15.0. The van der Waals surface area contributed by atoms with E-state index >= 15 is 0 Å². The monoisotopic (exact) mass is 360 g/mol. The van der Waals surface area contributed by atoms with Crippen LogP contribution in [0, 0.1) is 0 Å². The highest BCUT2D eigenvalue weighted by Gasteiger charge is 2.41. The van der Waals surface area contributed by atoms with Gasteiger partial charge in [-0.25, -0.2) is 4.98 Å². The van der Waals surface area contributed by atoms with E-state index in [0.717, 1.165) is 18.5 Å². The van der Waals surface area contributed by atoms with E-state index in [9.17, 15) is 9.90 Å². The normalized spacial score (nSPS) is 20.8. The van der Waals surface area contributed by atoms with Crippen LogP contribution >= 0.6 is 11.3 Å². The molecule has 0 radical (unpaired) electrons. The van der Waals surface area contributed by atoms with Gasteiger partial charge in [0.15, 0.2) is 10.7 Å². The molecule has 1 aromatic carbocycles. The first-order chi connectivity index (χ1) is 12.1. The molecule has 0 aliphatic carbocycles. The van der Waals surface area contributed by atoms with Crippen LogP contribution in [0.5, 0.6) is 0 Å². The van der Waals surface area contributed by atoms with Crippen LogP contribution in [0.1, 0.15) is 24.1 Å². The number of rotatable bonds is 7. The van der Waals surface area contributed by atoms with Crippen molar-refractivity contribution in [3.05, 3.63) is 47.0 Å². The summed E-state index contributed by atoms with van der Waals surface area (Å²) in [6.45, 7) is 2.06. The van der Waals surface area contributed by atoms with Gasteiger partial charge in [0.1, 0.15) is 0 Å². The van der Waals surface area contributed by atoms with Crippen LogP contribution < -0.4 is 11.1 Å². The number of nitrogen functional groups attached to an aromatic ring is 1. The fourth-order valence-electron chi connectivity index (χ4n) is 3.15. The lowest BCUT2D eigenvalue weighted by molar-refractivity contribution is -0.156. The molecule has 1 amide bonds. The van der Waals surface area contributed by atoms with Crippen LogP contribution in [0.2, 0.25) is 0 Å². The number of hydrogen-bond donors (Lipinski definition) is 3. The second kappa shape index (κ2) is 7.95. The van der Waals surface area contributed by atoms with Gasteiger partial charge in [-0.05, 0) is 24.8 Å². The molecule has 6 nitrogen and oxygen atoms in total. The number of nitrogens with two attached hydrogens (primary N) is 1. The Bertz CT molecular complexity index is 706. The Kier molecular flexibility index (Phi) is 5.67. The molecular weight excluding hydrogens is 336 g/mol. The number of amides is 1. The number of aliphatic hydroxyl groups is 1. The third-order valence-electron chi connectivity index (χ3n) is 4.51. The Morgan fingerprint density at radius 2 is 2.16 bits per heavy atom. The predicted molar refractivity (Wildman–Crippen MR) is 99.1 cm³/mol. The molecule has 0 saturated carbocycles. The first-order valence-corrected chi connectivity index (χ1v) is 9.41. The summed E-state index contributed by atoms with van der Waals surface area (Å²) in [4.78, 5) is 18.7. The third-order valence-corrected chi connectivity index (χ3v) is 5.23. The van der Waals surface area contributed by atoms with E-state index in [4.69, 9.17) is 5.73 Å². The van der Waals surface area contributed by atoms with Gasteiger partial charge in [0, 0.05) is 31.6 Å². The summed E-state index contributed by atoms with van der Waals surface area (Å²) in [6, 6.07) is 10.1. The number of hydrogen-bond acceptors (Lipinski definition) is 6. The van der Waals surface area contributed by atoms with Crippen LogP contribution in [0.15, 0.2) is 35.7 Å². The molecule has 3 rings (SSSR count). The molecular formula is C18H24N4O2S. The lowest BCUT2D eigenvalue weighted by Crippen LogP contribution is -2.58. The number of aromatic nitrogens is 1.